The molecule has 8 nitrogen and oxygen atoms in total. The van der Waals surface area contributed by atoms with Crippen LogP contribution < -0.4 is 10.9 Å². The number of benzene rings is 1. The fourth-order valence-corrected chi connectivity index (χ4v) is 3.34. The second-order valence-electron chi connectivity index (χ2n) is 6.81. The van der Waals surface area contributed by atoms with Gasteiger partial charge < -0.3 is 15.0 Å². The lowest BCUT2D eigenvalue weighted by atomic mass is 10.1. The van der Waals surface area contributed by atoms with Gasteiger partial charge in [-0.2, -0.15) is 5.10 Å². The summed E-state index contributed by atoms with van der Waals surface area (Å²) in [5, 5.41) is 7.56. The van der Waals surface area contributed by atoms with Crippen molar-refractivity contribution in [1.29, 1.82) is 0 Å². The first-order valence-corrected chi connectivity index (χ1v) is 9.07. The van der Waals surface area contributed by atoms with E-state index in [0.29, 0.717) is 29.2 Å². The van der Waals surface area contributed by atoms with Gasteiger partial charge in [-0.25, -0.2) is 9.67 Å². The number of ether oxygens (including phenoxy) is 1. The number of nitrogens with one attached hydrogen (secondary N) is 2. The van der Waals surface area contributed by atoms with Gasteiger partial charge >= 0.3 is 0 Å². The number of hydrogen-bond donors (Lipinski definition) is 2. The van der Waals surface area contributed by atoms with Crippen LogP contribution in [0.5, 0.6) is 0 Å². The van der Waals surface area contributed by atoms with Crippen molar-refractivity contribution in [3.63, 3.8) is 0 Å². The highest BCUT2D eigenvalue weighted by Gasteiger charge is 2.22. The standard InChI is InChI=1S/C19H21N5O3/c1-12-2-7-15(27-12)8-9-17(25)23-13-3-5-14(6-4-13)24-18-16(10-22-24)19(26)21-11-20-18/h3-6,10-12,15H,2,7-9H2,1H3,(H,23,25)(H,20,21,26). The number of fused-ring (bicyclic) bond motifs is 1. The highest BCUT2D eigenvalue weighted by Crippen LogP contribution is 2.23. The average Bonchev–Trinajstić information content (AvgIpc) is 3.28. The zero-order valence-electron chi connectivity index (χ0n) is 15.0. The van der Waals surface area contributed by atoms with E-state index in [2.05, 4.69) is 27.3 Å². The molecule has 140 valence electrons. The van der Waals surface area contributed by atoms with Crippen LogP contribution in [0, 0.1) is 0 Å². The molecule has 8 heteroatoms. The number of anilines is 1. The number of aromatic amines is 1. The number of carbonyl (C=O) groups excluding carboxylic acids is 1. The molecule has 0 spiro atoms. The molecule has 1 amide bonds. The molecule has 4 rings (SSSR count). The van der Waals surface area contributed by atoms with Crippen LogP contribution in [0.1, 0.15) is 32.6 Å². The molecule has 2 atom stereocenters. The monoisotopic (exact) mass is 367 g/mol. The molecule has 2 aromatic heterocycles. The van der Waals surface area contributed by atoms with Gasteiger partial charge in [-0.1, -0.05) is 0 Å². The molecule has 3 heterocycles. The van der Waals surface area contributed by atoms with Gasteiger partial charge in [0.05, 0.1) is 30.4 Å². The third-order valence-electron chi connectivity index (χ3n) is 4.78. The number of amides is 1. The molecule has 0 aliphatic carbocycles. The normalized spacial score (nSPS) is 19.4. The third-order valence-corrected chi connectivity index (χ3v) is 4.78. The zero-order chi connectivity index (χ0) is 18.8. The molecule has 0 bridgehead atoms. The van der Waals surface area contributed by atoms with Crippen molar-refractivity contribution < 1.29 is 9.53 Å². The molecule has 2 N–H and O–H groups in total. The number of hydrogen-bond acceptors (Lipinski definition) is 5. The van der Waals surface area contributed by atoms with Gasteiger partial charge in [-0.15, -0.1) is 0 Å². The molecule has 27 heavy (non-hydrogen) atoms. The molecule has 1 aliphatic heterocycles. The van der Waals surface area contributed by atoms with E-state index in [4.69, 9.17) is 4.74 Å². The summed E-state index contributed by atoms with van der Waals surface area (Å²) in [5.74, 6) is -0.0244. The molecule has 3 aromatic rings. The maximum Gasteiger partial charge on any atom is 0.261 e. The molecule has 1 aliphatic rings. The predicted molar refractivity (Wildman–Crippen MR) is 101 cm³/mol. The number of carbonyl (C=O) groups is 1. The Labute approximate surface area is 155 Å². The van der Waals surface area contributed by atoms with Gasteiger partial charge in [0.25, 0.3) is 5.56 Å². The molecule has 2 unspecified atom stereocenters. The van der Waals surface area contributed by atoms with E-state index in [1.807, 2.05) is 24.3 Å². The van der Waals surface area contributed by atoms with Crippen molar-refractivity contribution in [1.82, 2.24) is 19.7 Å². The average molecular weight is 367 g/mol. The maximum absolute atomic E-state index is 12.1. The van der Waals surface area contributed by atoms with Gasteiger partial charge in [-0.05, 0) is 50.5 Å². The van der Waals surface area contributed by atoms with Gasteiger partial charge in [0.1, 0.15) is 5.39 Å². The lowest BCUT2D eigenvalue weighted by Gasteiger charge is -2.11. The first-order chi connectivity index (χ1) is 13.1. The van der Waals surface area contributed by atoms with E-state index in [1.54, 1.807) is 4.68 Å². The minimum atomic E-state index is -0.226. The Kier molecular flexibility index (Phi) is 4.72. The van der Waals surface area contributed by atoms with Crippen LogP contribution in [0.3, 0.4) is 0 Å². The van der Waals surface area contributed by atoms with Crippen LogP contribution >= 0.6 is 0 Å². The summed E-state index contributed by atoms with van der Waals surface area (Å²) in [7, 11) is 0. The lowest BCUT2D eigenvalue weighted by Crippen LogP contribution is -2.16. The second kappa shape index (κ2) is 7.32. The molecule has 0 radical (unpaired) electrons. The highest BCUT2D eigenvalue weighted by molar-refractivity contribution is 5.90. The molecule has 0 saturated carbocycles. The Morgan fingerprint density at radius 3 is 2.89 bits per heavy atom. The van der Waals surface area contributed by atoms with Crippen molar-refractivity contribution >= 4 is 22.6 Å². The van der Waals surface area contributed by atoms with E-state index in [0.717, 1.165) is 24.9 Å². The van der Waals surface area contributed by atoms with Gasteiger partial charge in [0, 0.05) is 12.1 Å². The highest BCUT2D eigenvalue weighted by atomic mass is 16.5. The summed E-state index contributed by atoms with van der Waals surface area (Å²) < 4.78 is 7.33. The van der Waals surface area contributed by atoms with E-state index < -0.39 is 0 Å². The summed E-state index contributed by atoms with van der Waals surface area (Å²) in [5.41, 5.74) is 1.73. The summed E-state index contributed by atoms with van der Waals surface area (Å²) in [4.78, 5) is 30.6. The fraction of sp³-hybridized carbons (Fsp3) is 0.368. The van der Waals surface area contributed by atoms with Crippen LogP contribution in [-0.2, 0) is 9.53 Å². The number of aromatic nitrogens is 4. The maximum atomic E-state index is 12.1. The van der Waals surface area contributed by atoms with Crippen LogP contribution in [0.4, 0.5) is 5.69 Å². The summed E-state index contributed by atoms with van der Waals surface area (Å²) in [6, 6.07) is 7.27. The van der Waals surface area contributed by atoms with E-state index in [1.165, 1.54) is 12.5 Å². The van der Waals surface area contributed by atoms with Crippen LogP contribution in [0.2, 0.25) is 0 Å². The van der Waals surface area contributed by atoms with Crippen molar-refractivity contribution in [3.05, 3.63) is 47.1 Å². The Morgan fingerprint density at radius 2 is 2.15 bits per heavy atom. The number of H-pyrrole nitrogens is 1. The Bertz CT molecular complexity index is 1010. The predicted octanol–water partition coefficient (Wildman–Crippen LogP) is 2.40. The smallest absolute Gasteiger partial charge is 0.261 e. The van der Waals surface area contributed by atoms with Crippen LogP contribution in [0.25, 0.3) is 16.7 Å². The first-order valence-electron chi connectivity index (χ1n) is 9.07. The Hall–Kier alpha value is -3.00. The minimum absolute atomic E-state index is 0.0244. The van der Waals surface area contributed by atoms with E-state index in [9.17, 15) is 9.59 Å². The quantitative estimate of drug-likeness (QED) is 0.721. The topological polar surface area (TPSA) is 102 Å². The van der Waals surface area contributed by atoms with Crippen molar-refractivity contribution in [3.8, 4) is 5.69 Å². The molecular formula is C19H21N5O3. The fourth-order valence-electron chi connectivity index (χ4n) is 3.34. The zero-order valence-corrected chi connectivity index (χ0v) is 15.0. The van der Waals surface area contributed by atoms with Gasteiger partial charge in [0.2, 0.25) is 5.91 Å². The number of rotatable bonds is 5. The van der Waals surface area contributed by atoms with E-state index >= 15 is 0 Å². The second-order valence-corrected chi connectivity index (χ2v) is 6.81. The number of nitrogens with zero attached hydrogens (tertiary/aromatic N) is 3. The summed E-state index contributed by atoms with van der Waals surface area (Å²) in [6.07, 6.45) is 6.61. The van der Waals surface area contributed by atoms with Crippen molar-refractivity contribution in [2.24, 2.45) is 0 Å². The largest absolute Gasteiger partial charge is 0.375 e. The van der Waals surface area contributed by atoms with Crippen molar-refractivity contribution in [2.75, 3.05) is 5.32 Å². The van der Waals surface area contributed by atoms with E-state index in [-0.39, 0.29) is 17.6 Å². The van der Waals surface area contributed by atoms with Crippen LogP contribution in [-0.4, -0.2) is 37.9 Å². The summed E-state index contributed by atoms with van der Waals surface area (Å²) >= 11 is 0. The van der Waals surface area contributed by atoms with Crippen molar-refractivity contribution in [2.45, 2.75) is 44.8 Å². The first kappa shape index (κ1) is 17.4. The molecule has 1 aromatic carbocycles. The van der Waals surface area contributed by atoms with Gasteiger partial charge in [0.15, 0.2) is 5.65 Å². The van der Waals surface area contributed by atoms with Gasteiger partial charge in [-0.3, -0.25) is 9.59 Å². The minimum Gasteiger partial charge on any atom is -0.375 e. The molecule has 1 fully saturated rings. The summed E-state index contributed by atoms with van der Waals surface area (Å²) in [6.45, 7) is 2.07. The molecule has 1 saturated heterocycles. The van der Waals surface area contributed by atoms with Crippen LogP contribution in [0.15, 0.2) is 41.6 Å². The SMILES string of the molecule is CC1CCC(CCC(=O)Nc2ccc(-n3ncc4c(=O)[nH]cnc43)cc2)O1. The Balaban J connectivity index is 1.40. The molecular weight excluding hydrogens is 346 g/mol. The Morgan fingerprint density at radius 1 is 1.33 bits per heavy atom. The lowest BCUT2D eigenvalue weighted by molar-refractivity contribution is -0.116. The third kappa shape index (κ3) is 3.75.